The van der Waals surface area contributed by atoms with Crippen LogP contribution in [0.4, 0.5) is 13.2 Å². The molecular formula is C16H19F3N2O2. The maximum Gasteiger partial charge on any atom is 0.573 e. The molecule has 3 rings (SSSR count). The summed E-state index contributed by atoms with van der Waals surface area (Å²) in [7, 11) is 0. The number of halogens is 3. The summed E-state index contributed by atoms with van der Waals surface area (Å²) in [5, 5.41) is 6.54. The largest absolute Gasteiger partial charge is 0.573 e. The van der Waals surface area contributed by atoms with Gasteiger partial charge in [-0.05, 0) is 43.4 Å². The molecule has 23 heavy (non-hydrogen) atoms. The van der Waals surface area contributed by atoms with E-state index in [-0.39, 0.29) is 24.1 Å². The summed E-state index contributed by atoms with van der Waals surface area (Å²) in [6.45, 7) is 0. The van der Waals surface area contributed by atoms with Crippen molar-refractivity contribution in [2.24, 2.45) is 0 Å². The summed E-state index contributed by atoms with van der Waals surface area (Å²) >= 11 is 0. The summed E-state index contributed by atoms with van der Waals surface area (Å²) in [5.74, 6) is -0.377. The molecule has 2 aliphatic rings. The smallest absolute Gasteiger partial charge is 0.406 e. The van der Waals surface area contributed by atoms with Gasteiger partial charge in [0.25, 0.3) is 0 Å². The molecule has 4 nitrogen and oxygen atoms in total. The number of fused-ring (bicyclic) bond motifs is 2. The number of hydrogen-bond donors (Lipinski definition) is 2. The second-order valence-corrected chi connectivity index (χ2v) is 6.24. The highest BCUT2D eigenvalue weighted by atomic mass is 19.4. The van der Waals surface area contributed by atoms with Crippen LogP contribution < -0.4 is 15.4 Å². The normalized spacial score (nSPS) is 26.8. The first-order chi connectivity index (χ1) is 10.9. The lowest BCUT2D eigenvalue weighted by molar-refractivity contribution is -0.274. The van der Waals surface area contributed by atoms with E-state index in [0.717, 1.165) is 25.7 Å². The van der Waals surface area contributed by atoms with Crippen LogP contribution in [0.25, 0.3) is 0 Å². The van der Waals surface area contributed by atoms with E-state index in [4.69, 9.17) is 0 Å². The Labute approximate surface area is 132 Å². The molecule has 1 aromatic rings. The van der Waals surface area contributed by atoms with Crippen LogP contribution in [0.2, 0.25) is 0 Å². The van der Waals surface area contributed by atoms with Crippen molar-refractivity contribution in [2.75, 3.05) is 0 Å². The number of amides is 1. The van der Waals surface area contributed by atoms with E-state index in [9.17, 15) is 18.0 Å². The van der Waals surface area contributed by atoms with Crippen LogP contribution in [0.3, 0.4) is 0 Å². The van der Waals surface area contributed by atoms with Gasteiger partial charge >= 0.3 is 6.36 Å². The molecule has 0 radical (unpaired) electrons. The van der Waals surface area contributed by atoms with Gasteiger partial charge in [0.15, 0.2) is 0 Å². The average molecular weight is 328 g/mol. The van der Waals surface area contributed by atoms with Crippen LogP contribution >= 0.6 is 0 Å². The molecule has 0 spiro atoms. The number of ether oxygens (including phenoxy) is 1. The zero-order chi connectivity index (χ0) is 16.4. The number of piperidine rings is 1. The third kappa shape index (κ3) is 4.60. The molecule has 2 unspecified atom stereocenters. The minimum Gasteiger partial charge on any atom is -0.406 e. The Kier molecular flexibility index (Phi) is 4.48. The van der Waals surface area contributed by atoms with Gasteiger partial charge in [0.1, 0.15) is 5.75 Å². The minimum atomic E-state index is -4.70. The van der Waals surface area contributed by atoms with Crippen LogP contribution in [0.15, 0.2) is 24.3 Å². The highest BCUT2D eigenvalue weighted by molar-refractivity contribution is 5.78. The van der Waals surface area contributed by atoms with E-state index in [2.05, 4.69) is 15.4 Å². The van der Waals surface area contributed by atoms with Crippen LogP contribution in [0.5, 0.6) is 5.75 Å². The summed E-state index contributed by atoms with van der Waals surface area (Å²) in [6.07, 6.45) is -0.324. The van der Waals surface area contributed by atoms with Crippen LogP contribution in [-0.4, -0.2) is 30.4 Å². The summed E-state index contributed by atoms with van der Waals surface area (Å²) in [4.78, 5) is 12.1. The number of carbonyl (C=O) groups excluding carboxylic acids is 1. The van der Waals surface area contributed by atoms with Crippen molar-refractivity contribution in [1.29, 1.82) is 0 Å². The summed E-state index contributed by atoms with van der Waals surface area (Å²) in [6, 6.07) is 6.59. The van der Waals surface area contributed by atoms with E-state index in [0.29, 0.717) is 17.6 Å². The van der Waals surface area contributed by atoms with Crippen molar-refractivity contribution in [3.8, 4) is 5.75 Å². The highest BCUT2D eigenvalue weighted by Crippen LogP contribution is 2.27. The number of alkyl halides is 3. The zero-order valence-corrected chi connectivity index (χ0v) is 12.5. The predicted octanol–water partition coefficient (Wildman–Crippen LogP) is 2.53. The van der Waals surface area contributed by atoms with Gasteiger partial charge < -0.3 is 15.4 Å². The molecule has 0 aromatic heterocycles. The number of rotatable bonds is 4. The second-order valence-electron chi connectivity index (χ2n) is 6.24. The first-order valence-electron chi connectivity index (χ1n) is 7.77. The molecule has 2 N–H and O–H groups in total. The molecule has 2 heterocycles. The van der Waals surface area contributed by atoms with Gasteiger partial charge in [-0.3, -0.25) is 4.79 Å². The fourth-order valence-corrected chi connectivity index (χ4v) is 3.45. The van der Waals surface area contributed by atoms with Gasteiger partial charge in [-0.1, -0.05) is 12.1 Å². The SMILES string of the molecule is O=C(Cc1ccc(OC(F)(F)F)cc1)NC1CC2CCC(C1)N2. The van der Waals surface area contributed by atoms with Gasteiger partial charge in [-0.25, -0.2) is 0 Å². The first-order valence-corrected chi connectivity index (χ1v) is 7.77. The fourth-order valence-electron chi connectivity index (χ4n) is 3.45. The molecule has 0 saturated carbocycles. The van der Waals surface area contributed by atoms with E-state index < -0.39 is 6.36 Å². The third-order valence-corrected chi connectivity index (χ3v) is 4.36. The molecule has 1 aromatic carbocycles. The standard InChI is InChI=1S/C16H19F3N2O2/c17-16(18,19)23-14-5-1-10(2-6-14)7-15(22)21-13-8-11-3-4-12(9-13)20-11/h1-2,5-6,11-13,20H,3-4,7-9H2,(H,21,22). The minimum absolute atomic E-state index is 0.0965. The Bertz CT molecular complexity index is 547. The molecular weight excluding hydrogens is 309 g/mol. The zero-order valence-electron chi connectivity index (χ0n) is 12.5. The highest BCUT2D eigenvalue weighted by Gasteiger charge is 2.34. The lowest BCUT2D eigenvalue weighted by Gasteiger charge is -2.29. The van der Waals surface area contributed by atoms with Gasteiger partial charge in [0.2, 0.25) is 5.91 Å². The molecule has 2 fully saturated rings. The Balaban J connectivity index is 1.50. The van der Waals surface area contributed by atoms with Crippen molar-refractivity contribution in [1.82, 2.24) is 10.6 Å². The van der Waals surface area contributed by atoms with Crippen molar-refractivity contribution in [3.05, 3.63) is 29.8 Å². The molecule has 7 heteroatoms. The first kappa shape index (κ1) is 16.1. The fraction of sp³-hybridized carbons (Fsp3) is 0.562. The summed E-state index contributed by atoms with van der Waals surface area (Å²) in [5.41, 5.74) is 0.661. The van der Waals surface area contributed by atoms with E-state index in [1.807, 2.05) is 0 Å². The molecule has 0 aliphatic carbocycles. The van der Waals surface area contributed by atoms with Crippen molar-refractivity contribution < 1.29 is 22.7 Å². The van der Waals surface area contributed by atoms with Crippen molar-refractivity contribution in [3.63, 3.8) is 0 Å². The van der Waals surface area contributed by atoms with Gasteiger partial charge in [0, 0.05) is 18.1 Å². The van der Waals surface area contributed by atoms with Crippen LogP contribution in [-0.2, 0) is 11.2 Å². The van der Waals surface area contributed by atoms with Gasteiger partial charge in [-0.2, -0.15) is 0 Å². The van der Waals surface area contributed by atoms with E-state index >= 15 is 0 Å². The third-order valence-electron chi connectivity index (χ3n) is 4.36. The average Bonchev–Trinajstić information content (AvgIpc) is 2.78. The Morgan fingerprint density at radius 3 is 2.35 bits per heavy atom. The quantitative estimate of drug-likeness (QED) is 0.893. The van der Waals surface area contributed by atoms with Gasteiger partial charge in [-0.15, -0.1) is 13.2 Å². The molecule has 1 amide bonds. The lowest BCUT2D eigenvalue weighted by Crippen LogP contribution is -2.48. The maximum atomic E-state index is 12.1. The predicted molar refractivity (Wildman–Crippen MR) is 77.9 cm³/mol. The number of carbonyl (C=O) groups is 1. The lowest BCUT2D eigenvalue weighted by atomic mass is 9.99. The Morgan fingerprint density at radius 2 is 1.78 bits per heavy atom. The number of benzene rings is 1. The monoisotopic (exact) mass is 328 g/mol. The molecule has 2 bridgehead atoms. The second kappa shape index (κ2) is 6.39. The summed E-state index contributed by atoms with van der Waals surface area (Å²) < 4.78 is 40.1. The molecule has 2 saturated heterocycles. The van der Waals surface area contributed by atoms with E-state index in [1.165, 1.54) is 24.3 Å². The van der Waals surface area contributed by atoms with E-state index in [1.54, 1.807) is 0 Å². The van der Waals surface area contributed by atoms with Gasteiger partial charge in [0.05, 0.1) is 6.42 Å². The number of nitrogens with one attached hydrogen (secondary N) is 2. The molecule has 2 aliphatic heterocycles. The maximum absolute atomic E-state index is 12.1. The van der Waals surface area contributed by atoms with Crippen LogP contribution in [0.1, 0.15) is 31.2 Å². The topological polar surface area (TPSA) is 50.4 Å². The Morgan fingerprint density at radius 1 is 1.17 bits per heavy atom. The molecule has 126 valence electrons. The Hall–Kier alpha value is -1.76. The van der Waals surface area contributed by atoms with Crippen molar-refractivity contribution in [2.45, 2.75) is 56.6 Å². The molecule has 2 atom stereocenters. The number of hydrogen-bond acceptors (Lipinski definition) is 3. The van der Waals surface area contributed by atoms with Crippen LogP contribution in [0, 0.1) is 0 Å². The van der Waals surface area contributed by atoms with Crippen molar-refractivity contribution >= 4 is 5.91 Å².